The van der Waals surface area contributed by atoms with Crippen molar-refractivity contribution in [1.29, 1.82) is 0 Å². The number of amides is 1. The number of nitrogens with two attached hydrogens (primary N) is 1. The van der Waals surface area contributed by atoms with E-state index < -0.39 is 53.3 Å². The van der Waals surface area contributed by atoms with Crippen molar-refractivity contribution in [3.8, 4) is 11.6 Å². The lowest BCUT2D eigenvalue weighted by molar-refractivity contribution is -0.137. The third-order valence-electron chi connectivity index (χ3n) is 4.63. The Bertz CT molecular complexity index is 1210. The molecule has 3 rings (SSSR count). The normalized spacial score (nSPS) is 12.5. The van der Waals surface area contributed by atoms with Crippen LogP contribution in [-0.4, -0.2) is 26.8 Å². The number of alkyl halides is 5. The fourth-order valence-electron chi connectivity index (χ4n) is 2.99. The molecular weight excluding hydrogens is 467 g/mol. The first-order valence-electron chi connectivity index (χ1n) is 9.48. The van der Waals surface area contributed by atoms with Gasteiger partial charge in [0.05, 0.1) is 11.1 Å². The average molecular weight is 484 g/mol. The molecule has 0 saturated carbocycles. The molecular formula is C21H17F5N4O4. The summed E-state index contributed by atoms with van der Waals surface area (Å²) in [5.41, 5.74) is 3.41. The predicted molar refractivity (Wildman–Crippen MR) is 107 cm³/mol. The Morgan fingerprint density at radius 1 is 1.15 bits per heavy atom. The number of carbonyl (C=O) groups excluding carboxylic acids is 1. The van der Waals surface area contributed by atoms with E-state index in [0.29, 0.717) is 6.07 Å². The molecule has 0 spiro atoms. The van der Waals surface area contributed by atoms with Crippen LogP contribution in [-0.2, 0) is 13.2 Å². The summed E-state index contributed by atoms with van der Waals surface area (Å²) in [6.07, 6.45) is -9.12. The fraction of sp³-hybridized carbons (Fsp3) is 0.190. The van der Waals surface area contributed by atoms with Crippen LogP contribution in [0.15, 0.2) is 48.5 Å². The zero-order valence-corrected chi connectivity index (χ0v) is 17.3. The SMILES string of the molecule is Cn1nc(C(F)F)c(C(=O)N[C@H](N)c2ccc(C(=O)O)cc2)c1Oc1cccc(C(F)(F)F)c1. The number of rotatable bonds is 7. The highest BCUT2D eigenvalue weighted by Crippen LogP contribution is 2.35. The van der Waals surface area contributed by atoms with E-state index in [1.54, 1.807) is 0 Å². The van der Waals surface area contributed by atoms with Crippen LogP contribution >= 0.6 is 0 Å². The van der Waals surface area contributed by atoms with E-state index in [4.69, 9.17) is 15.6 Å². The molecule has 0 fully saturated rings. The van der Waals surface area contributed by atoms with Crippen LogP contribution in [0.1, 0.15) is 50.1 Å². The van der Waals surface area contributed by atoms with E-state index in [2.05, 4.69) is 10.4 Å². The number of hydrogen-bond acceptors (Lipinski definition) is 5. The first-order chi connectivity index (χ1) is 15.9. The summed E-state index contributed by atoms with van der Waals surface area (Å²) in [6.45, 7) is 0. The van der Waals surface area contributed by atoms with Crippen molar-refractivity contribution in [2.24, 2.45) is 12.8 Å². The molecule has 4 N–H and O–H groups in total. The molecule has 2 aromatic carbocycles. The number of carboxylic acid groups (broad SMARTS) is 1. The minimum Gasteiger partial charge on any atom is -0.478 e. The number of carboxylic acids is 1. The molecule has 0 aliphatic heterocycles. The Morgan fingerprint density at radius 2 is 1.79 bits per heavy atom. The van der Waals surface area contributed by atoms with Gasteiger partial charge >= 0.3 is 12.1 Å². The Balaban J connectivity index is 1.92. The molecule has 34 heavy (non-hydrogen) atoms. The van der Waals surface area contributed by atoms with Crippen molar-refractivity contribution >= 4 is 11.9 Å². The minimum absolute atomic E-state index is 0.0358. The predicted octanol–water partition coefficient (Wildman–Crippen LogP) is 4.25. The van der Waals surface area contributed by atoms with Crippen LogP contribution in [0.25, 0.3) is 0 Å². The van der Waals surface area contributed by atoms with Gasteiger partial charge in [0.1, 0.15) is 23.2 Å². The fourth-order valence-corrected chi connectivity index (χ4v) is 2.99. The minimum atomic E-state index is -4.68. The number of aromatic carboxylic acids is 1. The first kappa shape index (κ1) is 24.6. The van der Waals surface area contributed by atoms with Crippen molar-refractivity contribution in [3.05, 3.63) is 76.5 Å². The van der Waals surface area contributed by atoms with Crippen molar-refractivity contribution in [2.75, 3.05) is 0 Å². The molecule has 8 nitrogen and oxygen atoms in total. The summed E-state index contributed by atoms with van der Waals surface area (Å²) < 4.78 is 72.3. The summed E-state index contributed by atoms with van der Waals surface area (Å²) in [5, 5.41) is 14.8. The lowest BCUT2D eigenvalue weighted by Crippen LogP contribution is -2.34. The van der Waals surface area contributed by atoms with Gasteiger partial charge in [-0.25, -0.2) is 18.3 Å². The average Bonchev–Trinajstić information content (AvgIpc) is 3.09. The molecule has 0 aliphatic carbocycles. The lowest BCUT2D eigenvalue weighted by Gasteiger charge is -2.16. The summed E-state index contributed by atoms with van der Waals surface area (Å²) in [5.74, 6) is -3.19. The number of ether oxygens (including phenoxy) is 1. The molecule has 1 atom stereocenters. The van der Waals surface area contributed by atoms with Crippen LogP contribution in [0.4, 0.5) is 22.0 Å². The number of carbonyl (C=O) groups is 2. The van der Waals surface area contributed by atoms with Gasteiger partial charge in [-0.1, -0.05) is 18.2 Å². The van der Waals surface area contributed by atoms with E-state index >= 15 is 0 Å². The molecule has 13 heteroatoms. The zero-order valence-electron chi connectivity index (χ0n) is 17.3. The van der Waals surface area contributed by atoms with Crippen molar-refractivity contribution in [1.82, 2.24) is 15.1 Å². The maximum atomic E-state index is 13.6. The van der Waals surface area contributed by atoms with Crippen LogP contribution in [0.3, 0.4) is 0 Å². The molecule has 1 heterocycles. The molecule has 1 aromatic heterocycles. The molecule has 3 aromatic rings. The van der Waals surface area contributed by atoms with Gasteiger partial charge in [0.15, 0.2) is 0 Å². The molecule has 1 amide bonds. The largest absolute Gasteiger partial charge is 0.478 e. The van der Waals surface area contributed by atoms with E-state index in [-0.39, 0.29) is 16.9 Å². The van der Waals surface area contributed by atoms with E-state index in [9.17, 15) is 31.5 Å². The number of aryl methyl sites for hydroxylation is 1. The van der Waals surface area contributed by atoms with Gasteiger partial charge in [-0.15, -0.1) is 0 Å². The smallest absolute Gasteiger partial charge is 0.416 e. The molecule has 0 radical (unpaired) electrons. The van der Waals surface area contributed by atoms with Crippen LogP contribution in [0, 0.1) is 0 Å². The summed E-state index contributed by atoms with van der Waals surface area (Å²) >= 11 is 0. The Labute approximate surface area is 188 Å². The number of nitrogens with zero attached hydrogens (tertiary/aromatic N) is 2. The molecule has 0 saturated heterocycles. The van der Waals surface area contributed by atoms with Gasteiger partial charge in [-0.3, -0.25) is 4.79 Å². The molecule has 180 valence electrons. The van der Waals surface area contributed by atoms with Crippen LogP contribution in [0.2, 0.25) is 0 Å². The van der Waals surface area contributed by atoms with Crippen molar-refractivity contribution in [3.63, 3.8) is 0 Å². The first-order valence-corrected chi connectivity index (χ1v) is 9.48. The maximum Gasteiger partial charge on any atom is 0.416 e. The van der Waals surface area contributed by atoms with Gasteiger partial charge in [0.25, 0.3) is 12.3 Å². The van der Waals surface area contributed by atoms with Crippen LogP contribution in [0.5, 0.6) is 11.6 Å². The highest BCUT2D eigenvalue weighted by molar-refractivity contribution is 5.98. The van der Waals surface area contributed by atoms with Crippen molar-refractivity contribution < 1.29 is 41.4 Å². The quantitative estimate of drug-likeness (QED) is 0.341. The van der Waals surface area contributed by atoms with Crippen LogP contribution < -0.4 is 15.8 Å². The highest BCUT2D eigenvalue weighted by atomic mass is 19.4. The summed E-state index contributed by atoms with van der Waals surface area (Å²) in [7, 11) is 1.18. The third-order valence-corrected chi connectivity index (χ3v) is 4.63. The number of nitrogens with one attached hydrogen (secondary N) is 1. The van der Waals surface area contributed by atoms with Gasteiger partial charge in [0.2, 0.25) is 5.88 Å². The van der Waals surface area contributed by atoms with Crippen molar-refractivity contribution in [2.45, 2.75) is 18.8 Å². The number of benzene rings is 2. The Kier molecular flexibility index (Phi) is 6.86. The van der Waals surface area contributed by atoms with Gasteiger partial charge < -0.3 is 20.9 Å². The molecule has 0 aliphatic rings. The van der Waals surface area contributed by atoms with E-state index in [1.807, 2.05) is 0 Å². The maximum absolute atomic E-state index is 13.6. The summed E-state index contributed by atoms with van der Waals surface area (Å²) in [6, 6.07) is 8.77. The van der Waals surface area contributed by atoms with E-state index in [0.717, 1.165) is 22.9 Å². The summed E-state index contributed by atoms with van der Waals surface area (Å²) in [4.78, 5) is 23.8. The standard InChI is InChI=1S/C21H17F5N4O4/c1-30-19(34-13-4-2-3-12(9-13)21(24,25)26)14(15(29-30)16(22)23)18(31)28-17(27)10-5-7-11(8-6-10)20(32)33/h2-9,16-17H,27H2,1H3,(H,28,31)(H,32,33)/t17-/m0/s1. The molecule has 0 bridgehead atoms. The zero-order chi connectivity index (χ0) is 25.2. The van der Waals surface area contributed by atoms with Gasteiger partial charge in [-0.2, -0.15) is 18.3 Å². The second kappa shape index (κ2) is 9.47. The van der Waals surface area contributed by atoms with Gasteiger partial charge in [0, 0.05) is 7.05 Å². The van der Waals surface area contributed by atoms with E-state index in [1.165, 1.54) is 31.3 Å². The topological polar surface area (TPSA) is 119 Å². The number of aromatic nitrogens is 2. The van der Waals surface area contributed by atoms with Gasteiger partial charge in [-0.05, 0) is 35.9 Å². The second-order valence-corrected chi connectivity index (χ2v) is 7.00. The third kappa shape index (κ3) is 5.31. The number of halogens is 5. The monoisotopic (exact) mass is 484 g/mol. The highest BCUT2D eigenvalue weighted by Gasteiger charge is 2.33. The molecule has 0 unspecified atom stereocenters. The lowest BCUT2D eigenvalue weighted by atomic mass is 10.1. The second-order valence-electron chi connectivity index (χ2n) is 7.00. The Hall–Kier alpha value is -4.00. The number of hydrogen-bond donors (Lipinski definition) is 3. The Morgan fingerprint density at radius 3 is 2.35 bits per heavy atom.